The molecule has 7 rings (SSSR count). The van der Waals surface area contributed by atoms with E-state index in [1.807, 2.05) is 0 Å². The van der Waals surface area contributed by atoms with E-state index in [1.165, 1.54) is 0 Å². The fraction of sp³-hybridized carbons (Fsp3) is 0.938. The van der Waals surface area contributed by atoms with Crippen molar-refractivity contribution < 1.29 is 178 Å². The molecule has 7 saturated heterocycles. The molecule has 504 valence electrons. The predicted octanol–water partition coefficient (Wildman–Crippen LogP) is -15.8. The highest BCUT2D eigenvalue weighted by Gasteiger charge is 2.60. The molecular weight excluding hydrogens is 1190 g/mol. The molecule has 0 spiro atoms. The molecule has 0 aromatic heterocycles. The van der Waals surface area contributed by atoms with Crippen molar-refractivity contribution in [3.63, 3.8) is 0 Å². The van der Waals surface area contributed by atoms with Gasteiger partial charge in [0.05, 0.1) is 46.2 Å². The van der Waals surface area contributed by atoms with Crippen molar-refractivity contribution in [3.05, 3.63) is 0 Å². The monoisotopic (exact) mass is 1280 g/mol. The lowest BCUT2D eigenvalue weighted by atomic mass is 9.93. The van der Waals surface area contributed by atoms with Gasteiger partial charge in [0.15, 0.2) is 44.0 Å². The topological polar surface area (TPSA) is 612 Å². The zero-order valence-electron chi connectivity index (χ0n) is 46.6. The fourth-order valence-electron chi connectivity index (χ4n) is 11.2. The van der Waals surface area contributed by atoms with Crippen LogP contribution in [-0.2, 0) is 76.0 Å². The minimum Gasteiger partial charge on any atom is -0.394 e. The van der Waals surface area contributed by atoms with E-state index in [0.717, 1.165) is 20.8 Å². The normalized spacial score (nSPS) is 48.9. The number of hydrogen-bond donors (Lipinski definition) is 23. The first kappa shape index (κ1) is 71.5. The lowest BCUT2D eigenvalue weighted by Gasteiger charge is -2.52. The van der Waals surface area contributed by atoms with Crippen molar-refractivity contribution in [2.24, 2.45) is 0 Å². The van der Waals surface area contributed by atoms with Gasteiger partial charge < -0.3 is 180 Å². The summed E-state index contributed by atoms with van der Waals surface area (Å²) in [6, 6.07) is -5.51. The number of carbonyl (C=O) groups excluding carboxylic acids is 3. The number of hydrogen-bond acceptors (Lipinski definition) is 36. The second kappa shape index (κ2) is 31.1. The Balaban J connectivity index is 1.28. The van der Waals surface area contributed by atoms with Gasteiger partial charge in [0.25, 0.3) is 0 Å². The third-order valence-electron chi connectivity index (χ3n) is 15.7. The molecule has 39 heteroatoms. The molecule has 0 aliphatic carbocycles. The van der Waals surface area contributed by atoms with Gasteiger partial charge in [0.1, 0.15) is 171 Å². The van der Waals surface area contributed by atoms with Crippen LogP contribution in [0.2, 0.25) is 0 Å². The van der Waals surface area contributed by atoms with Crippen molar-refractivity contribution in [3.8, 4) is 0 Å². The van der Waals surface area contributed by atoms with E-state index in [-0.39, 0.29) is 0 Å². The molecule has 87 heavy (non-hydrogen) atoms. The summed E-state index contributed by atoms with van der Waals surface area (Å²) in [5, 5.41) is 224. The Kier molecular flexibility index (Phi) is 25.6. The highest BCUT2D eigenvalue weighted by atomic mass is 16.8. The van der Waals surface area contributed by atoms with Crippen molar-refractivity contribution >= 4 is 17.7 Å². The number of ether oxygens (including phenoxy) is 13. The number of amides is 3. The maximum atomic E-state index is 13.2. The number of nitrogens with one attached hydrogen (secondary N) is 3. The highest BCUT2D eigenvalue weighted by molar-refractivity contribution is 5.74. The van der Waals surface area contributed by atoms with Crippen LogP contribution in [0.15, 0.2) is 0 Å². The Morgan fingerprint density at radius 1 is 0.276 bits per heavy atom. The first-order valence-corrected chi connectivity index (χ1v) is 27.6. The van der Waals surface area contributed by atoms with E-state index in [1.54, 1.807) is 0 Å². The number of rotatable bonds is 22. The first-order valence-electron chi connectivity index (χ1n) is 27.6. The summed E-state index contributed by atoms with van der Waals surface area (Å²) in [6.07, 6.45) is -64.2. The molecule has 3 amide bonds. The van der Waals surface area contributed by atoms with Crippen molar-refractivity contribution in [1.29, 1.82) is 0 Å². The van der Waals surface area contributed by atoms with Crippen molar-refractivity contribution in [2.75, 3.05) is 46.2 Å². The second-order valence-electron chi connectivity index (χ2n) is 21.8. The molecule has 7 aliphatic heterocycles. The van der Waals surface area contributed by atoms with Gasteiger partial charge in [-0.25, -0.2) is 0 Å². The van der Waals surface area contributed by atoms with Crippen LogP contribution in [0.3, 0.4) is 0 Å². The van der Waals surface area contributed by atoms with Gasteiger partial charge in [-0.15, -0.1) is 0 Å². The molecule has 7 fully saturated rings. The maximum Gasteiger partial charge on any atom is 0.217 e. The van der Waals surface area contributed by atoms with Gasteiger partial charge in [-0.05, 0) is 0 Å². The third kappa shape index (κ3) is 15.6. The van der Waals surface area contributed by atoms with Gasteiger partial charge in [-0.3, -0.25) is 14.4 Å². The van der Waals surface area contributed by atoms with E-state index in [4.69, 9.17) is 61.6 Å². The van der Waals surface area contributed by atoms with E-state index in [2.05, 4.69) is 16.0 Å². The largest absolute Gasteiger partial charge is 0.394 e. The molecule has 39 nitrogen and oxygen atoms in total. The van der Waals surface area contributed by atoms with Crippen LogP contribution in [0.4, 0.5) is 0 Å². The van der Waals surface area contributed by atoms with Crippen LogP contribution in [0.1, 0.15) is 20.8 Å². The van der Waals surface area contributed by atoms with Gasteiger partial charge in [0, 0.05) is 20.8 Å². The highest BCUT2D eigenvalue weighted by Crippen LogP contribution is 2.39. The quantitative estimate of drug-likeness (QED) is 0.0479. The predicted molar refractivity (Wildman–Crippen MR) is 267 cm³/mol. The molecule has 0 unspecified atom stereocenters. The summed E-state index contributed by atoms with van der Waals surface area (Å²) in [4.78, 5) is 38.6. The molecule has 35 atom stereocenters. The van der Waals surface area contributed by atoms with E-state index >= 15 is 0 Å². The van der Waals surface area contributed by atoms with Crippen molar-refractivity contribution in [1.82, 2.24) is 16.0 Å². The van der Waals surface area contributed by atoms with E-state index < -0.39 is 279 Å². The summed E-state index contributed by atoms with van der Waals surface area (Å²) >= 11 is 0. The molecule has 7 aliphatic rings. The van der Waals surface area contributed by atoms with Gasteiger partial charge in [-0.2, -0.15) is 0 Å². The summed E-state index contributed by atoms with van der Waals surface area (Å²) in [7, 11) is 0. The SMILES string of the molecule is CC(=O)N[C@H]1[C@H](O[C@H]2[C@@H](O)[C@@H](CO)O[C@@H](O[C@@H]3[C@@H](O)[C@@H](O[C@@H]4[C@H](O)[C@@H](O)[C@H](O[C@H]5[C@H](O)[C@@H](O)[C@H](O)O[C@@H]5CO)O[C@@H]4CO)O[C@H](CO)[C@@H]3O[C@@H]3O[C@H](CO)[C@H](O)[C@H](O[C@@H]4O[C@H](CO)[C@H](O)[C@H](O)[C@H]4O)[C@H]3NC(C)=O)[C@@H]2NC(C)=O)O[C@H](CO)[C@H](O)[C@@H]1O. The molecule has 0 aromatic rings. The minimum absolute atomic E-state index is 0.816. The minimum atomic E-state index is -2.47. The molecular formula is C48H81N3O36. The van der Waals surface area contributed by atoms with Gasteiger partial charge >= 0.3 is 0 Å². The summed E-state index contributed by atoms with van der Waals surface area (Å²) < 4.78 is 76.5. The third-order valence-corrected chi connectivity index (χ3v) is 15.7. The van der Waals surface area contributed by atoms with Crippen LogP contribution < -0.4 is 16.0 Å². The molecule has 0 aromatic carbocycles. The smallest absolute Gasteiger partial charge is 0.217 e. The van der Waals surface area contributed by atoms with Gasteiger partial charge in [0.2, 0.25) is 17.7 Å². The zero-order chi connectivity index (χ0) is 64.2. The van der Waals surface area contributed by atoms with Crippen LogP contribution in [-0.4, -0.2) is 381 Å². The van der Waals surface area contributed by atoms with Crippen LogP contribution in [0, 0.1) is 0 Å². The average Bonchev–Trinajstić information content (AvgIpc) is 0.914. The van der Waals surface area contributed by atoms with Gasteiger partial charge in [-0.1, -0.05) is 0 Å². The molecule has 23 N–H and O–H groups in total. The lowest BCUT2D eigenvalue weighted by Crippen LogP contribution is -2.72. The van der Waals surface area contributed by atoms with E-state index in [0.29, 0.717) is 0 Å². The Morgan fingerprint density at radius 3 is 1.00 bits per heavy atom. The van der Waals surface area contributed by atoms with Crippen LogP contribution >= 0.6 is 0 Å². The van der Waals surface area contributed by atoms with Crippen molar-refractivity contribution in [2.45, 2.75) is 236 Å². The van der Waals surface area contributed by atoms with Crippen LogP contribution in [0.25, 0.3) is 0 Å². The number of aliphatic hydroxyl groups is 20. The summed E-state index contributed by atoms with van der Waals surface area (Å²) in [5.74, 6) is -2.68. The average molecular weight is 1280 g/mol. The first-order chi connectivity index (χ1) is 41.2. The second-order valence-corrected chi connectivity index (χ2v) is 21.8. The van der Waals surface area contributed by atoms with Crippen LogP contribution in [0.5, 0.6) is 0 Å². The summed E-state index contributed by atoms with van der Waals surface area (Å²) in [6.45, 7) is -4.47. The van der Waals surface area contributed by atoms with E-state index in [9.17, 15) is 117 Å². The molecule has 0 radical (unpaired) electrons. The molecule has 0 saturated carbocycles. The fourth-order valence-corrected chi connectivity index (χ4v) is 11.2. The Morgan fingerprint density at radius 2 is 0.563 bits per heavy atom. The molecule has 0 bridgehead atoms. The number of aliphatic hydroxyl groups excluding tert-OH is 20. The standard InChI is InChI=1S/C48H81N3O36/c1-11(59)49-21-28(66)24(62)14(4-52)76-43(21)85-39-22(50-12(2)60)45(78-16(6-54)26(39)64)87-41-35(73)48(83-37-19(9-57)80-47(34(72)31(37)69)82-36-18(8-56)75-42(74)32(70)30(36)68)81-20(10-58)38(41)84-44-23(51-13(3)61)40(27(65)17(7-55)77-44)86-46-33(71)29(67)25(63)15(5-53)79-46/h14-48,52-58,62-74H,4-10H2,1-3H3,(H,49,59)(H,50,60)(H,51,61)/t14-,15-,16-,17-,18-,19-,20-,21-,22-,23-,24+,25+,26+,27+,28-,29+,30-,31-,32-,33-,34-,35-,36-,37+,38+,39-,40-,41-,42-,43+,44+,45+,46+,47+,48-/m1/s1. The zero-order valence-corrected chi connectivity index (χ0v) is 46.6. The summed E-state index contributed by atoms with van der Waals surface area (Å²) in [5.41, 5.74) is 0. The number of carbonyl (C=O) groups is 3. The molecule has 7 heterocycles. The Labute approximate surface area is 492 Å². The maximum absolute atomic E-state index is 13.2. The Hall–Kier alpha value is -2.91. The Bertz CT molecular complexity index is 2180. The lowest BCUT2D eigenvalue weighted by molar-refractivity contribution is -0.400.